The van der Waals surface area contributed by atoms with Crippen molar-refractivity contribution in [2.45, 2.75) is 0 Å². The topological polar surface area (TPSA) is 59.0 Å². The lowest BCUT2D eigenvalue weighted by atomic mass is 10.1. The molecule has 3 aromatic rings. The van der Waals surface area contributed by atoms with Gasteiger partial charge in [0.1, 0.15) is 0 Å². The van der Waals surface area contributed by atoms with Crippen molar-refractivity contribution in [3.63, 3.8) is 0 Å². The molecular weight excluding hydrogens is 364 g/mol. The van der Waals surface area contributed by atoms with Crippen molar-refractivity contribution >= 4 is 40.6 Å². The smallest absolute Gasteiger partial charge is 0.312 e. The molecule has 1 heterocycles. The van der Waals surface area contributed by atoms with Gasteiger partial charge in [-0.2, -0.15) is 0 Å². The Kier molecular flexibility index (Phi) is 4.44. The minimum atomic E-state index is -0.687. The number of anilines is 2. The average molecular weight is 377 g/mol. The number of halogens is 1. The van der Waals surface area contributed by atoms with Crippen LogP contribution in [0.25, 0.3) is 0 Å². The maximum Gasteiger partial charge on any atom is 0.365 e. The summed E-state index contributed by atoms with van der Waals surface area (Å²) in [5.41, 5.74) is 2.33. The first kappa shape index (κ1) is 17.0. The van der Waals surface area contributed by atoms with Gasteiger partial charge < -0.3 is 4.84 Å². The van der Waals surface area contributed by atoms with Crippen molar-refractivity contribution in [3.8, 4) is 0 Å². The van der Waals surface area contributed by atoms with Crippen LogP contribution in [0.5, 0.6) is 0 Å². The van der Waals surface area contributed by atoms with Gasteiger partial charge in [-0.1, -0.05) is 59.2 Å². The summed E-state index contributed by atoms with van der Waals surface area (Å²) in [4.78, 5) is 31.7. The molecule has 27 heavy (non-hydrogen) atoms. The molecule has 0 saturated heterocycles. The second-order valence-electron chi connectivity index (χ2n) is 5.82. The van der Waals surface area contributed by atoms with Crippen LogP contribution in [-0.2, 0) is 9.63 Å². The SMILES string of the molecule is O=C(ON=C1C(=O)N(c2ccccc2)c2ccccc21)c1cccc(Cl)c1. The molecule has 0 aliphatic carbocycles. The van der Waals surface area contributed by atoms with Gasteiger partial charge in [0.25, 0.3) is 5.91 Å². The largest absolute Gasteiger partial charge is 0.365 e. The number of carbonyl (C=O) groups is 2. The van der Waals surface area contributed by atoms with Gasteiger partial charge in [-0.25, -0.2) is 4.79 Å². The van der Waals surface area contributed by atoms with Crippen molar-refractivity contribution in [2.24, 2.45) is 5.16 Å². The molecule has 0 radical (unpaired) electrons. The molecule has 0 spiro atoms. The van der Waals surface area contributed by atoms with Crippen LogP contribution in [0.3, 0.4) is 0 Å². The average Bonchev–Trinajstić information content (AvgIpc) is 2.98. The van der Waals surface area contributed by atoms with E-state index in [1.54, 1.807) is 35.2 Å². The van der Waals surface area contributed by atoms with Crippen molar-refractivity contribution in [1.29, 1.82) is 0 Å². The third-order valence-corrected chi connectivity index (χ3v) is 4.34. The molecule has 0 aromatic heterocycles. The summed E-state index contributed by atoms with van der Waals surface area (Å²) < 4.78 is 0. The summed E-state index contributed by atoms with van der Waals surface area (Å²) in [5.74, 6) is -1.05. The number of para-hydroxylation sites is 2. The van der Waals surface area contributed by atoms with Crippen molar-refractivity contribution in [1.82, 2.24) is 0 Å². The Morgan fingerprint density at radius 1 is 0.926 bits per heavy atom. The van der Waals surface area contributed by atoms with Gasteiger partial charge in [0, 0.05) is 16.3 Å². The van der Waals surface area contributed by atoms with Gasteiger partial charge in [-0.3, -0.25) is 9.69 Å². The molecule has 132 valence electrons. The lowest BCUT2D eigenvalue weighted by Crippen LogP contribution is -2.25. The summed E-state index contributed by atoms with van der Waals surface area (Å²) in [7, 11) is 0. The van der Waals surface area contributed by atoms with E-state index < -0.39 is 5.97 Å². The van der Waals surface area contributed by atoms with E-state index >= 15 is 0 Å². The van der Waals surface area contributed by atoms with E-state index in [-0.39, 0.29) is 17.2 Å². The fourth-order valence-electron chi connectivity index (χ4n) is 2.88. The van der Waals surface area contributed by atoms with E-state index in [1.807, 2.05) is 42.5 Å². The van der Waals surface area contributed by atoms with Crippen LogP contribution in [0.1, 0.15) is 15.9 Å². The first-order valence-corrected chi connectivity index (χ1v) is 8.57. The van der Waals surface area contributed by atoms with Crippen LogP contribution >= 0.6 is 11.6 Å². The Morgan fingerprint density at radius 2 is 1.67 bits per heavy atom. The molecule has 1 aliphatic rings. The predicted octanol–water partition coefficient (Wildman–Crippen LogP) is 4.58. The van der Waals surface area contributed by atoms with Gasteiger partial charge >= 0.3 is 5.97 Å². The summed E-state index contributed by atoms with van der Waals surface area (Å²) in [5, 5.41) is 4.27. The fourth-order valence-corrected chi connectivity index (χ4v) is 3.07. The van der Waals surface area contributed by atoms with E-state index in [2.05, 4.69) is 5.16 Å². The zero-order valence-electron chi connectivity index (χ0n) is 14.0. The Hall–Kier alpha value is -3.44. The van der Waals surface area contributed by atoms with Gasteiger partial charge in [-0.15, -0.1) is 0 Å². The number of hydrogen-bond acceptors (Lipinski definition) is 4. The summed E-state index contributed by atoms with van der Waals surface area (Å²) in [6, 6.07) is 22.8. The summed E-state index contributed by atoms with van der Waals surface area (Å²) in [6.45, 7) is 0. The monoisotopic (exact) mass is 376 g/mol. The third-order valence-electron chi connectivity index (χ3n) is 4.10. The minimum absolute atomic E-state index is 0.0739. The van der Waals surface area contributed by atoms with Crippen LogP contribution in [0.4, 0.5) is 11.4 Å². The molecule has 0 fully saturated rings. The van der Waals surface area contributed by atoms with Gasteiger partial charge in [0.05, 0.1) is 11.3 Å². The molecule has 0 atom stereocenters. The highest BCUT2D eigenvalue weighted by Gasteiger charge is 2.35. The Balaban J connectivity index is 1.68. The van der Waals surface area contributed by atoms with E-state index in [9.17, 15) is 9.59 Å². The van der Waals surface area contributed by atoms with Gasteiger partial charge in [0.15, 0.2) is 5.71 Å². The van der Waals surface area contributed by atoms with Gasteiger partial charge in [0.2, 0.25) is 0 Å². The van der Waals surface area contributed by atoms with Crippen LogP contribution in [-0.4, -0.2) is 17.6 Å². The third kappa shape index (κ3) is 3.20. The lowest BCUT2D eigenvalue weighted by molar-refractivity contribution is -0.111. The fraction of sp³-hybridized carbons (Fsp3) is 0. The van der Waals surface area contributed by atoms with Crippen LogP contribution in [0.15, 0.2) is 84.0 Å². The molecule has 1 amide bonds. The molecule has 3 aromatic carbocycles. The standard InChI is InChI=1S/C21H13ClN2O3/c22-15-8-6-7-14(13-15)21(26)27-23-19-17-11-4-5-12-18(17)24(20(19)25)16-9-2-1-3-10-16/h1-13H. The van der Waals surface area contributed by atoms with Crippen molar-refractivity contribution in [3.05, 3.63) is 95.0 Å². The molecule has 0 unspecified atom stereocenters. The van der Waals surface area contributed by atoms with E-state index in [0.29, 0.717) is 22.0 Å². The highest BCUT2D eigenvalue weighted by Crippen LogP contribution is 2.35. The molecule has 1 aliphatic heterocycles. The maximum atomic E-state index is 12.9. The first-order chi connectivity index (χ1) is 13.1. The number of amides is 1. The Morgan fingerprint density at radius 3 is 2.44 bits per heavy atom. The van der Waals surface area contributed by atoms with E-state index in [0.717, 1.165) is 0 Å². The summed E-state index contributed by atoms with van der Waals surface area (Å²) in [6.07, 6.45) is 0. The van der Waals surface area contributed by atoms with Crippen LogP contribution in [0.2, 0.25) is 5.02 Å². The number of rotatable bonds is 3. The maximum absolute atomic E-state index is 12.9. The summed E-state index contributed by atoms with van der Waals surface area (Å²) >= 11 is 5.89. The molecule has 5 nitrogen and oxygen atoms in total. The predicted molar refractivity (Wildman–Crippen MR) is 103 cm³/mol. The van der Waals surface area contributed by atoms with E-state index in [1.165, 1.54) is 6.07 Å². The highest BCUT2D eigenvalue weighted by atomic mass is 35.5. The zero-order chi connectivity index (χ0) is 18.8. The molecule has 4 rings (SSSR count). The van der Waals surface area contributed by atoms with E-state index in [4.69, 9.17) is 16.4 Å². The second-order valence-corrected chi connectivity index (χ2v) is 6.26. The Labute approximate surface area is 160 Å². The lowest BCUT2D eigenvalue weighted by Gasteiger charge is -2.16. The number of hydrogen-bond donors (Lipinski definition) is 0. The van der Waals surface area contributed by atoms with Crippen LogP contribution in [0, 0.1) is 0 Å². The molecular formula is C21H13ClN2O3. The highest BCUT2D eigenvalue weighted by molar-refractivity contribution is 6.55. The normalized spacial score (nSPS) is 14.3. The zero-order valence-corrected chi connectivity index (χ0v) is 14.8. The molecule has 0 saturated carbocycles. The van der Waals surface area contributed by atoms with Crippen molar-refractivity contribution < 1.29 is 14.4 Å². The number of oxime groups is 1. The minimum Gasteiger partial charge on any atom is -0.312 e. The number of nitrogens with zero attached hydrogens (tertiary/aromatic N) is 2. The molecule has 6 heteroatoms. The number of benzene rings is 3. The van der Waals surface area contributed by atoms with Crippen molar-refractivity contribution in [2.75, 3.05) is 4.90 Å². The Bertz CT molecular complexity index is 1060. The molecule has 0 bridgehead atoms. The molecule has 0 N–H and O–H groups in total. The first-order valence-electron chi connectivity index (χ1n) is 8.19. The number of fused-ring (bicyclic) bond motifs is 1. The quantitative estimate of drug-likeness (QED) is 0.496. The van der Waals surface area contributed by atoms with Crippen LogP contribution < -0.4 is 4.90 Å². The van der Waals surface area contributed by atoms with Gasteiger partial charge in [-0.05, 0) is 36.4 Å². The number of carbonyl (C=O) groups excluding carboxylic acids is 2. The second kappa shape index (κ2) is 7.05.